The molecule has 0 atom stereocenters. The summed E-state index contributed by atoms with van der Waals surface area (Å²) >= 11 is 3.35. The number of carbonyl (C=O) groups excluding carboxylic acids is 2. The Kier molecular flexibility index (Phi) is 5.88. The molecule has 4 aromatic rings. The van der Waals surface area contributed by atoms with E-state index in [9.17, 15) is 9.59 Å². The summed E-state index contributed by atoms with van der Waals surface area (Å²) in [5.74, 6) is 0.0504. The molecule has 7 heteroatoms. The van der Waals surface area contributed by atoms with Gasteiger partial charge in [0.2, 0.25) is 0 Å². The number of carbonyl (C=O) groups is 2. The molecule has 4 rings (SSSR count). The predicted molar refractivity (Wildman–Crippen MR) is 117 cm³/mol. The molecule has 29 heavy (non-hydrogen) atoms. The number of hydrogen-bond donors (Lipinski definition) is 2. The molecule has 0 unspecified atom stereocenters. The second-order valence-corrected chi connectivity index (χ2v) is 8.46. The Hall–Kier alpha value is -3.16. The van der Waals surface area contributed by atoms with Crippen molar-refractivity contribution in [3.63, 3.8) is 0 Å². The van der Waals surface area contributed by atoms with Gasteiger partial charge in [0, 0.05) is 16.9 Å². The molecule has 5 nitrogen and oxygen atoms in total. The topological polar surface area (TPSA) is 71.1 Å². The molecule has 0 radical (unpaired) electrons. The smallest absolute Gasteiger partial charge is 0.267 e. The second kappa shape index (κ2) is 8.89. The number of fused-ring (bicyclic) bond motifs is 1. The van der Waals surface area contributed by atoms with Crippen LogP contribution in [0.2, 0.25) is 0 Å². The molecule has 2 N–H and O–H groups in total. The maximum Gasteiger partial charge on any atom is 0.269 e. The molecule has 3 aromatic carbocycles. The van der Waals surface area contributed by atoms with Crippen LogP contribution in [0.5, 0.6) is 0 Å². The summed E-state index contributed by atoms with van der Waals surface area (Å²) in [6, 6.07) is 24.1. The summed E-state index contributed by atoms with van der Waals surface area (Å²) < 4.78 is 2.20. The lowest BCUT2D eigenvalue weighted by Gasteiger charge is -2.08. The molecule has 144 valence electrons. The van der Waals surface area contributed by atoms with Gasteiger partial charge in [0.1, 0.15) is 0 Å². The van der Waals surface area contributed by atoms with E-state index in [2.05, 4.69) is 21.9 Å². The molecule has 0 fully saturated rings. The molecule has 0 saturated heterocycles. The molecule has 2 amide bonds. The summed E-state index contributed by atoms with van der Waals surface area (Å²) in [6.45, 7) is 0. The number of rotatable bonds is 5. The number of hydrogen-bond acceptors (Lipinski definition) is 5. The van der Waals surface area contributed by atoms with E-state index in [4.69, 9.17) is 0 Å². The van der Waals surface area contributed by atoms with Crippen LogP contribution in [0, 0.1) is 0 Å². The first-order chi connectivity index (χ1) is 14.2. The summed E-state index contributed by atoms with van der Waals surface area (Å²) in [5, 5.41) is 0. The van der Waals surface area contributed by atoms with Gasteiger partial charge in [0.05, 0.1) is 10.2 Å². The number of benzene rings is 3. The number of hydrazine groups is 1. The minimum absolute atomic E-state index is 0.359. The monoisotopic (exact) mass is 419 g/mol. The number of nitrogens with zero attached hydrogens (tertiary/aromatic N) is 1. The number of aromatic nitrogens is 1. The number of thiazole rings is 1. The Morgan fingerprint density at radius 3 is 2.10 bits per heavy atom. The van der Waals surface area contributed by atoms with Gasteiger partial charge in [-0.25, -0.2) is 4.98 Å². The van der Waals surface area contributed by atoms with E-state index in [0.29, 0.717) is 11.1 Å². The van der Waals surface area contributed by atoms with Gasteiger partial charge in [-0.15, -0.1) is 11.3 Å². The van der Waals surface area contributed by atoms with Gasteiger partial charge >= 0.3 is 0 Å². The van der Waals surface area contributed by atoms with Gasteiger partial charge < -0.3 is 0 Å². The lowest BCUT2D eigenvalue weighted by Crippen LogP contribution is -2.41. The molecule has 0 spiro atoms. The van der Waals surface area contributed by atoms with Crippen molar-refractivity contribution in [1.82, 2.24) is 15.8 Å². The van der Waals surface area contributed by atoms with Gasteiger partial charge in [-0.05, 0) is 42.0 Å². The Morgan fingerprint density at radius 2 is 1.41 bits per heavy atom. The third kappa shape index (κ3) is 4.82. The molecule has 0 saturated carbocycles. The largest absolute Gasteiger partial charge is 0.269 e. The van der Waals surface area contributed by atoms with E-state index >= 15 is 0 Å². The van der Waals surface area contributed by atoms with Crippen molar-refractivity contribution in [2.45, 2.75) is 10.1 Å². The maximum atomic E-state index is 12.2. The normalized spacial score (nSPS) is 10.6. The average molecular weight is 420 g/mol. The maximum absolute atomic E-state index is 12.2. The molecular weight excluding hydrogens is 402 g/mol. The zero-order valence-corrected chi connectivity index (χ0v) is 16.9. The van der Waals surface area contributed by atoms with Crippen molar-refractivity contribution < 1.29 is 9.59 Å². The fourth-order valence-corrected chi connectivity index (χ4v) is 4.68. The van der Waals surface area contributed by atoms with Crippen LogP contribution < -0.4 is 10.9 Å². The van der Waals surface area contributed by atoms with Gasteiger partial charge in [-0.1, -0.05) is 54.2 Å². The van der Waals surface area contributed by atoms with Crippen molar-refractivity contribution >= 4 is 45.1 Å². The van der Waals surface area contributed by atoms with Crippen LogP contribution in [-0.4, -0.2) is 16.8 Å². The van der Waals surface area contributed by atoms with Crippen LogP contribution in [0.1, 0.15) is 26.3 Å². The summed E-state index contributed by atoms with van der Waals surface area (Å²) in [5.41, 5.74) is 7.93. The fraction of sp³-hybridized carbons (Fsp3) is 0.0455. The van der Waals surface area contributed by atoms with E-state index in [1.54, 1.807) is 59.5 Å². The van der Waals surface area contributed by atoms with Crippen LogP contribution in [-0.2, 0) is 5.75 Å². The van der Waals surface area contributed by atoms with E-state index in [-0.39, 0.29) is 11.8 Å². The minimum atomic E-state index is -0.361. The average Bonchev–Trinajstić information content (AvgIpc) is 3.20. The van der Waals surface area contributed by atoms with Gasteiger partial charge in [0.15, 0.2) is 4.34 Å². The molecule has 1 aromatic heterocycles. The highest BCUT2D eigenvalue weighted by Gasteiger charge is 2.09. The van der Waals surface area contributed by atoms with E-state index in [0.717, 1.165) is 21.2 Å². The van der Waals surface area contributed by atoms with Crippen LogP contribution >= 0.6 is 23.1 Å². The van der Waals surface area contributed by atoms with Crippen molar-refractivity contribution in [1.29, 1.82) is 0 Å². The third-order valence-corrected chi connectivity index (χ3v) is 6.43. The highest BCUT2D eigenvalue weighted by atomic mass is 32.2. The Bertz CT molecular complexity index is 1110. The Labute approximate surface area is 176 Å². The van der Waals surface area contributed by atoms with Crippen molar-refractivity contribution in [2.24, 2.45) is 0 Å². The lowest BCUT2D eigenvalue weighted by atomic mass is 10.1. The third-order valence-electron chi connectivity index (χ3n) is 4.18. The molecular formula is C22H17N3O2S2. The lowest BCUT2D eigenvalue weighted by molar-refractivity contribution is 0.0846. The van der Waals surface area contributed by atoms with Crippen LogP contribution in [0.4, 0.5) is 0 Å². The Morgan fingerprint density at radius 1 is 0.793 bits per heavy atom. The molecule has 0 bridgehead atoms. The number of amides is 2. The van der Waals surface area contributed by atoms with Crippen molar-refractivity contribution in [3.8, 4) is 0 Å². The Balaban J connectivity index is 1.31. The van der Waals surface area contributed by atoms with Gasteiger partial charge in [-0.2, -0.15) is 0 Å². The zero-order chi connectivity index (χ0) is 20.1. The molecule has 0 aliphatic heterocycles. The van der Waals surface area contributed by atoms with E-state index in [1.807, 2.05) is 36.4 Å². The highest BCUT2D eigenvalue weighted by Crippen LogP contribution is 2.31. The minimum Gasteiger partial charge on any atom is -0.267 e. The zero-order valence-electron chi connectivity index (χ0n) is 15.3. The van der Waals surface area contributed by atoms with Crippen LogP contribution in [0.25, 0.3) is 10.2 Å². The fourth-order valence-electron chi connectivity index (χ4n) is 2.66. The first-order valence-corrected chi connectivity index (χ1v) is 10.7. The summed E-state index contributed by atoms with van der Waals surface area (Å²) in [6.07, 6.45) is 0. The van der Waals surface area contributed by atoms with E-state index in [1.165, 1.54) is 4.70 Å². The second-order valence-electron chi connectivity index (χ2n) is 6.21. The first-order valence-electron chi connectivity index (χ1n) is 8.92. The van der Waals surface area contributed by atoms with Crippen LogP contribution in [0.3, 0.4) is 0 Å². The van der Waals surface area contributed by atoms with Crippen molar-refractivity contribution in [3.05, 3.63) is 95.6 Å². The highest BCUT2D eigenvalue weighted by molar-refractivity contribution is 8.00. The van der Waals surface area contributed by atoms with Gasteiger partial charge in [-0.3, -0.25) is 20.4 Å². The number of para-hydroxylation sites is 1. The quantitative estimate of drug-likeness (QED) is 0.364. The molecule has 0 aliphatic carbocycles. The number of thioether (sulfide) groups is 1. The summed E-state index contributed by atoms with van der Waals surface area (Å²) in [4.78, 5) is 28.8. The SMILES string of the molecule is O=C(NNC(=O)c1ccc(CSc2nc3ccccc3s2)cc1)c1ccccc1. The first kappa shape index (κ1) is 19.2. The van der Waals surface area contributed by atoms with Gasteiger partial charge in [0.25, 0.3) is 11.8 Å². The predicted octanol–water partition coefficient (Wildman–Crippen LogP) is 4.66. The summed E-state index contributed by atoms with van der Waals surface area (Å²) in [7, 11) is 0. The molecule has 1 heterocycles. The molecule has 0 aliphatic rings. The standard InChI is InChI=1S/C22H17N3O2S2/c26-20(16-6-2-1-3-7-16)24-25-21(27)17-12-10-15(11-13-17)14-28-22-23-18-8-4-5-9-19(18)29-22/h1-13H,14H2,(H,24,26)(H,25,27). The van der Waals surface area contributed by atoms with Crippen molar-refractivity contribution in [2.75, 3.05) is 0 Å². The number of nitrogens with one attached hydrogen (secondary N) is 2. The van der Waals surface area contributed by atoms with Crippen LogP contribution in [0.15, 0.2) is 83.2 Å². The van der Waals surface area contributed by atoms with E-state index < -0.39 is 0 Å².